The van der Waals surface area contributed by atoms with E-state index in [0.29, 0.717) is 0 Å². The molecule has 1 aliphatic rings. The van der Waals surface area contributed by atoms with Crippen LogP contribution >= 0.6 is 0 Å². The maximum Gasteiger partial charge on any atom is 0.229 e. The van der Waals surface area contributed by atoms with Crippen LogP contribution in [-0.2, 0) is 16.4 Å². The maximum atomic E-state index is 14.0. The van der Waals surface area contributed by atoms with Gasteiger partial charge in [0.2, 0.25) is 10.0 Å². The van der Waals surface area contributed by atoms with Crippen molar-refractivity contribution in [1.82, 2.24) is 4.90 Å². The Morgan fingerprint density at radius 2 is 1.88 bits per heavy atom. The fraction of sp³-hybridized carbons (Fsp3) is 0.333. The van der Waals surface area contributed by atoms with Crippen molar-refractivity contribution in [2.45, 2.75) is 18.9 Å². The first kappa shape index (κ1) is 18.6. The van der Waals surface area contributed by atoms with Gasteiger partial charge in [-0.05, 0) is 62.3 Å². The van der Waals surface area contributed by atoms with Crippen LogP contribution in [0.5, 0.6) is 11.5 Å². The zero-order valence-electron chi connectivity index (χ0n) is 14.7. The standard InChI is InChI=1S/C18H20F2N2O3S/c1-22(2)16-6-4-11-8-15(21-26(3,23)24)18(10-13(11)16)25-17-7-5-12(19)9-14(17)20/h5,7-10,16,21H,4,6H2,1-3H3. The molecule has 0 saturated carbocycles. The van der Waals surface area contributed by atoms with Gasteiger partial charge in [0.05, 0.1) is 11.9 Å². The van der Waals surface area contributed by atoms with Crippen LogP contribution in [0.2, 0.25) is 0 Å². The Balaban J connectivity index is 2.07. The maximum absolute atomic E-state index is 14.0. The summed E-state index contributed by atoms with van der Waals surface area (Å²) in [5.74, 6) is -1.58. The summed E-state index contributed by atoms with van der Waals surface area (Å²) in [5.41, 5.74) is 2.25. The van der Waals surface area contributed by atoms with Gasteiger partial charge in [-0.3, -0.25) is 4.72 Å². The molecule has 1 unspecified atom stereocenters. The third kappa shape index (κ3) is 3.96. The number of fused-ring (bicyclic) bond motifs is 1. The van der Waals surface area contributed by atoms with Gasteiger partial charge in [0.25, 0.3) is 0 Å². The number of aryl methyl sites for hydroxylation is 1. The van der Waals surface area contributed by atoms with E-state index >= 15 is 0 Å². The van der Waals surface area contributed by atoms with Crippen LogP contribution in [0.25, 0.3) is 0 Å². The lowest BCUT2D eigenvalue weighted by Gasteiger charge is -2.21. The molecule has 1 aliphatic carbocycles. The van der Waals surface area contributed by atoms with Gasteiger partial charge < -0.3 is 9.64 Å². The van der Waals surface area contributed by atoms with Crippen molar-refractivity contribution in [2.75, 3.05) is 25.1 Å². The first-order valence-corrected chi connectivity index (χ1v) is 9.97. The van der Waals surface area contributed by atoms with E-state index in [1.165, 1.54) is 6.07 Å². The number of nitrogens with zero attached hydrogens (tertiary/aromatic N) is 1. The quantitative estimate of drug-likeness (QED) is 0.857. The highest BCUT2D eigenvalue weighted by atomic mass is 32.2. The van der Waals surface area contributed by atoms with Crippen LogP contribution in [0.1, 0.15) is 23.6 Å². The average molecular weight is 382 g/mol. The van der Waals surface area contributed by atoms with Gasteiger partial charge >= 0.3 is 0 Å². The topological polar surface area (TPSA) is 58.6 Å². The highest BCUT2D eigenvalue weighted by Gasteiger charge is 2.27. The highest BCUT2D eigenvalue weighted by molar-refractivity contribution is 7.92. The van der Waals surface area contributed by atoms with Gasteiger partial charge in [0.1, 0.15) is 5.82 Å². The van der Waals surface area contributed by atoms with Crippen molar-refractivity contribution >= 4 is 15.7 Å². The van der Waals surface area contributed by atoms with Crippen LogP contribution in [0.4, 0.5) is 14.5 Å². The molecule has 1 atom stereocenters. The number of rotatable bonds is 5. The lowest BCUT2D eigenvalue weighted by atomic mass is 10.1. The molecule has 140 valence electrons. The van der Waals surface area contributed by atoms with Gasteiger partial charge in [0.15, 0.2) is 17.3 Å². The largest absolute Gasteiger partial charge is 0.452 e. The molecular formula is C18H20F2N2O3S. The second kappa shape index (κ2) is 6.85. The highest BCUT2D eigenvalue weighted by Crippen LogP contribution is 2.42. The first-order valence-electron chi connectivity index (χ1n) is 8.08. The monoisotopic (exact) mass is 382 g/mol. The summed E-state index contributed by atoms with van der Waals surface area (Å²) in [6, 6.07) is 6.58. The molecule has 0 bridgehead atoms. The zero-order chi connectivity index (χ0) is 19.1. The van der Waals surface area contributed by atoms with E-state index in [9.17, 15) is 17.2 Å². The van der Waals surface area contributed by atoms with Crippen LogP contribution in [0, 0.1) is 11.6 Å². The Morgan fingerprint density at radius 1 is 1.15 bits per heavy atom. The van der Waals surface area contributed by atoms with E-state index in [0.717, 1.165) is 42.4 Å². The molecule has 3 rings (SSSR count). The number of ether oxygens (including phenoxy) is 1. The van der Waals surface area contributed by atoms with Crippen molar-refractivity contribution in [2.24, 2.45) is 0 Å². The molecule has 0 radical (unpaired) electrons. The summed E-state index contributed by atoms with van der Waals surface area (Å²) in [5, 5.41) is 0. The number of halogens is 2. The predicted molar refractivity (Wildman–Crippen MR) is 96.1 cm³/mol. The molecule has 2 aromatic rings. The van der Waals surface area contributed by atoms with Crippen molar-refractivity contribution in [1.29, 1.82) is 0 Å². The zero-order valence-corrected chi connectivity index (χ0v) is 15.5. The molecule has 26 heavy (non-hydrogen) atoms. The second-order valence-electron chi connectivity index (χ2n) is 6.62. The molecule has 5 nitrogen and oxygen atoms in total. The van der Waals surface area contributed by atoms with Gasteiger partial charge in [0, 0.05) is 12.1 Å². The fourth-order valence-corrected chi connectivity index (χ4v) is 3.75. The van der Waals surface area contributed by atoms with Crippen LogP contribution in [0.3, 0.4) is 0 Å². The fourth-order valence-electron chi connectivity index (χ4n) is 3.19. The van der Waals surface area contributed by atoms with Crippen LogP contribution < -0.4 is 9.46 Å². The molecule has 0 aliphatic heterocycles. The van der Waals surface area contributed by atoms with E-state index in [2.05, 4.69) is 9.62 Å². The van der Waals surface area contributed by atoms with Gasteiger partial charge in [-0.2, -0.15) is 0 Å². The smallest absolute Gasteiger partial charge is 0.229 e. The number of hydrogen-bond acceptors (Lipinski definition) is 4. The molecule has 0 saturated heterocycles. The summed E-state index contributed by atoms with van der Waals surface area (Å²) in [7, 11) is 0.372. The van der Waals surface area contributed by atoms with Gasteiger partial charge in [-0.1, -0.05) is 0 Å². The van der Waals surface area contributed by atoms with E-state index in [4.69, 9.17) is 4.74 Å². The van der Waals surface area contributed by atoms with Crippen molar-refractivity contribution < 1.29 is 21.9 Å². The Hall–Kier alpha value is -2.19. The molecule has 0 fully saturated rings. The summed E-state index contributed by atoms with van der Waals surface area (Å²) >= 11 is 0. The minimum absolute atomic E-state index is 0.165. The van der Waals surface area contributed by atoms with E-state index < -0.39 is 21.7 Å². The molecule has 1 N–H and O–H groups in total. The third-order valence-corrected chi connectivity index (χ3v) is 4.91. The minimum Gasteiger partial charge on any atom is -0.452 e. The SMILES string of the molecule is CN(C)C1CCc2cc(NS(C)(=O)=O)c(Oc3ccc(F)cc3F)cc21. The molecule has 0 spiro atoms. The number of nitrogens with one attached hydrogen (secondary N) is 1. The summed E-state index contributed by atoms with van der Waals surface area (Å²) < 4.78 is 58.5. The second-order valence-corrected chi connectivity index (χ2v) is 8.36. The Bertz CT molecular complexity index is 946. The normalized spacial score (nSPS) is 16.6. The summed E-state index contributed by atoms with van der Waals surface area (Å²) in [6.07, 6.45) is 2.74. The molecule has 8 heteroatoms. The summed E-state index contributed by atoms with van der Waals surface area (Å²) in [6.45, 7) is 0. The Morgan fingerprint density at radius 3 is 2.50 bits per heavy atom. The molecule has 0 amide bonds. The Kier molecular flexibility index (Phi) is 4.90. The van der Waals surface area contributed by atoms with E-state index in [-0.39, 0.29) is 23.2 Å². The molecule has 2 aromatic carbocycles. The third-order valence-electron chi connectivity index (χ3n) is 4.32. The number of benzene rings is 2. The van der Waals surface area contributed by atoms with E-state index in [1.54, 1.807) is 12.1 Å². The molecular weight excluding hydrogens is 362 g/mol. The van der Waals surface area contributed by atoms with Crippen molar-refractivity contribution in [3.8, 4) is 11.5 Å². The van der Waals surface area contributed by atoms with Crippen molar-refractivity contribution in [3.63, 3.8) is 0 Å². The average Bonchev–Trinajstić information content (AvgIpc) is 2.91. The lowest BCUT2D eigenvalue weighted by molar-refractivity contribution is 0.298. The van der Waals surface area contributed by atoms with Crippen LogP contribution in [0.15, 0.2) is 30.3 Å². The summed E-state index contributed by atoms with van der Waals surface area (Å²) in [4.78, 5) is 2.07. The number of anilines is 1. The lowest BCUT2D eigenvalue weighted by Crippen LogP contribution is -2.17. The minimum atomic E-state index is -3.55. The number of sulfonamides is 1. The van der Waals surface area contributed by atoms with E-state index in [1.807, 2.05) is 14.1 Å². The van der Waals surface area contributed by atoms with Crippen LogP contribution in [-0.4, -0.2) is 33.7 Å². The van der Waals surface area contributed by atoms with Gasteiger partial charge in [-0.15, -0.1) is 0 Å². The number of hydrogen-bond donors (Lipinski definition) is 1. The predicted octanol–water partition coefficient (Wildman–Crippen LogP) is 3.68. The molecule has 0 heterocycles. The molecule has 0 aromatic heterocycles. The van der Waals surface area contributed by atoms with Crippen molar-refractivity contribution in [3.05, 3.63) is 53.1 Å². The Labute approximate surface area is 151 Å². The van der Waals surface area contributed by atoms with Gasteiger partial charge in [-0.25, -0.2) is 17.2 Å². The first-order chi connectivity index (χ1) is 12.1.